The summed E-state index contributed by atoms with van der Waals surface area (Å²) in [5, 5.41) is 5.35. The van der Waals surface area contributed by atoms with Crippen LogP contribution in [-0.2, 0) is 0 Å². The normalized spacial score (nSPS) is 24.2. The molecule has 0 spiro atoms. The van der Waals surface area contributed by atoms with Crippen LogP contribution in [0.1, 0.15) is 36.6 Å². The van der Waals surface area contributed by atoms with Crippen molar-refractivity contribution in [2.24, 2.45) is 0 Å². The summed E-state index contributed by atoms with van der Waals surface area (Å²) in [6.45, 7) is 6.85. The fourth-order valence-electron chi connectivity index (χ4n) is 3.97. The first kappa shape index (κ1) is 16.4. The lowest BCUT2D eigenvalue weighted by atomic mass is 10.2. The molecule has 1 aromatic heterocycles. The van der Waals surface area contributed by atoms with E-state index in [2.05, 4.69) is 32.6 Å². The molecule has 4 rings (SSSR count). The fraction of sp³-hybridized carbons (Fsp3) is 0.722. The Morgan fingerprint density at radius 3 is 2.54 bits per heavy atom. The molecule has 1 atom stereocenters. The Kier molecular flexibility index (Phi) is 5.06. The molecule has 1 N–H and O–H groups in total. The Morgan fingerprint density at radius 1 is 1.17 bits per heavy atom. The van der Waals surface area contributed by atoms with Crippen molar-refractivity contribution in [1.82, 2.24) is 20.0 Å². The maximum atomic E-state index is 12.6. The monoisotopic (exact) mass is 348 g/mol. The van der Waals surface area contributed by atoms with Gasteiger partial charge in [-0.1, -0.05) is 6.07 Å². The molecule has 132 valence electrons. The number of urea groups is 1. The Hall–Kier alpha value is -1.11. The molecule has 2 amide bonds. The molecule has 0 unspecified atom stereocenters. The quantitative estimate of drug-likeness (QED) is 0.888. The second-order valence-electron chi connectivity index (χ2n) is 7.21. The van der Waals surface area contributed by atoms with Gasteiger partial charge in [0.2, 0.25) is 0 Å². The van der Waals surface area contributed by atoms with Crippen molar-refractivity contribution in [2.45, 2.75) is 37.8 Å². The summed E-state index contributed by atoms with van der Waals surface area (Å²) in [5.74, 6) is 0. The van der Waals surface area contributed by atoms with Crippen molar-refractivity contribution < 1.29 is 4.79 Å². The van der Waals surface area contributed by atoms with E-state index in [0.29, 0.717) is 6.04 Å². The van der Waals surface area contributed by atoms with Crippen LogP contribution in [0.5, 0.6) is 0 Å². The average molecular weight is 349 g/mol. The number of nitrogens with zero attached hydrogens (tertiary/aromatic N) is 3. The molecule has 1 aromatic rings. The maximum absolute atomic E-state index is 12.6. The largest absolute Gasteiger partial charge is 0.336 e. The molecule has 2 saturated heterocycles. The highest BCUT2D eigenvalue weighted by Gasteiger charge is 2.32. The predicted octanol–water partition coefficient (Wildman–Crippen LogP) is 2.37. The second kappa shape index (κ2) is 7.42. The van der Waals surface area contributed by atoms with E-state index in [1.165, 1.54) is 30.6 Å². The van der Waals surface area contributed by atoms with E-state index in [1.54, 1.807) is 11.3 Å². The summed E-state index contributed by atoms with van der Waals surface area (Å²) < 4.78 is 0. The molecule has 1 saturated carbocycles. The van der Waals surface area contributed by atoms with E-state index < -0.39 is 0 Å². The zero-order chi connectivity index (χ0) is 16.4. The Balaban J connectivity index is 1.29. The van der Waals surface area contributed by atoms with Crippen molar-refractivity contribution >= 4 is 17.4 Å². The summed E-state index contributed by atoms with van der Waals surface area (Å²) in [5.41, 5.74) is 0. The van der Waals surface area contributed by atoms with E-state index in [4.69, 9.17) is 0 Å². The summed E-state index contributed by atoms with van der Waals surface area (Å²) in [6.07, 6.45) is 5.26. The SMILES string of the molecule is O=C(NC[C@@H](c1cccs1)N1CCCC1)N1CCN(C2CC2)CC1. The third-order valence-corrected chi connectivity index (χ3v) is 6.54. The summed E-state index contributed by atoms with van der Waals surface area (Å²) in [7, 11) is 0. The van der Waals surface area contributed by atoms with Gasteiger partial charge in [0.05, 0.1) is 6.04 Å². The Labute approximate surface area is 148 Å². The lowest BCUT2D eigenvalue weighted by Gasteiger charge is -2.35. The topological polar surface area (TPSA) is 38.8 Å². The third kappa shape index (κ3) is 3.76. The molecular formula is C18H28N4OS. The minimum Gasteiger partial charge on any atom is -0.336 e. The van der Waals surface area contributed by atoms with Gasteiger partial charge in [-0.3, -0.25) is 9.80 Å². The highest BCUT2D eigenvalue weighted by molar-refractivity contribution is 7.10. The molecular weight excluding hydrogens is 320 g/mol. The van der Waals surface area contributed by atoms with Gasteiger partial charge in [0.1, 0.15) is 0 Å². The first-order chi connectivity index (χ1) is 11.8. The van der Waals surface area contributed by atoms with Gasteiger partial charge in [0.15, 0.2) is 0 Å². The summed E-state index contributed by atoms with van der Waals surface area (Å²) in [6, 6.07) is 5.58. The highest BCUT2D eigenvalue weighted by Crippen LogP contribution is 2.29. The van der Waals surface area contributed by atoms with E-state index in [9.17, 15) is 4.79 Å². The van der Waals surface area contributed by atoms with Crippen LogP contribution in [0.3, 0.4) is 0 Å². The van der Waals surface area contributed by atoms with Crippen LogP contribution in [0, 0.1) is 0 Å². The molecule has 6 heteroatoms. The van der Waals surface area contributed by atoms with Crippen LogP contribution in [-0.4, -0.2) is 72.6 Å². The van der Waals surface area contributed by atoms with Crippen LogP contribution in [0.4, 0.5) is 4.79 Å². The molecule has 5 nitrogen and oxygen atoms in total. The molecule has 3 aliphatic rings. The number of amides is 2. The number of carbonyl (C=O) groups is 1. The fourth-order valence-corrected chi connectivity index (χ4v) is 4.83. The van der Waals surface area contributed by atoms with Crippen molar-refractivity contribution in [3.05, 3.63) is 22.4 Å². The van der Waals surface area contributed by atoms with Crippen molar-refractivity contribution in [3.8, 4) is 0 Å². The van der Waals surface area contributed by atoms with Crippen LogP contribution < -0.4 is 5.32 Å². The van der Waals surface area contributed by atoms with E-state index in [1.807, 2.05) is 4.90 Å². The van der Waals surface area contributed by atoms with Crippen molar-refractivity contribution in [2.75, 3.05) is 45.8 Å². The molecule has 1 aliphatic carbocycles. The number of piperazine rings is 1. The van der Waals surface area contributed by atoms with Gasteiger partial charge in [-0.05, 0) is 50.2 Å². The lowest BCUT2D eigenvalue weighted by molar-refractivity contribution is 0.132. The van der Waals surface area contributed by atoms with Crippen LogP contribution >= 0.6 is 11.3 Å². The molecule has 3 fully saturated rings. The van der Waals surface area contributed by atoms with E-state index in [0.717, 1.165) is 51.9 Å². The van der Waals surface area contributed by atoms with E-state index in [-0.39, 0.29) is 6.03 Å². The minimum absolute atomic E-state index is 0.117. The molecule has 0 bridgehead atoms. The first-order valence-corrected chi connectivity index (χ1v) is 10.2. The predicted molar refractivity (Wildman–Crippen MR) is 97.4 cm³/mol. The van der Waals surface area contributed by atoms with Gasteiger partial charge in [0, 0.05) is 43.6 Å². The Bertz CT molecular complexity index is 531. The van der Waals surface area contributed by atoms with Gasteiger partial charge in [-0.2, -0.15) is 0 Å². The van der Waals surface area contributed by atoms with Crippen LogP contribution in [0.25, 0.3) is 0 Å². The van der Waals surface area contributed by atoms with Gasteiger partial charge in [-0.15, -0.1) is 11.3 Å². The number of hydrogen-bond donors (Lipinski definition) is 1. The zero-order valence-electron chi connectivity index (χ0n) is 14.3. The van der Waals surface area contributed by atoms with Gasteiger partial charge < -0.3 is 10.2 Å². The van der Waals surface area contributed by atoms with Gasteiger partial charge >= 0.3 is 6.03 Å². The van der Waals surface area contributed by atoms with Gasteiger partial charge in [-0.25, -0.2) is 4.79 Å². The molecule has 2 aliphatic heterocycles. The van der Waals surface area contributed by atoms with Crippen molar-refractivity contribution in [1.29, 1.82) is 0 Å². The van der Waals surface area contributed by atoms with Crippen molar-refractivity contribution in [3.63, 3.8) is 0 Å². The highest BCUT2D eigenvalue weighted by atomic mass is 32.1. The van der Waals surface area contributed by atoms with Crippen LogP contribution in [0.15, 0.2) is 17.5 Å². The molecule has 24 heavy (non-hydrogen) atoms. The number of hydrogen-bond acceptors (Lipinski definition) is 4. The minimum atomic E-state index is 0.117. The number of nitrogens with one attached hydrogen (secondary N) is 1. The third-order valence-electron chi connectivity index (χ3n) is 5.56. The number of likely N-dealkylation sites (tertiary alicyclic amines) is 1. The smallest absolute Gasteiger partial charge is 0.317 e. The number of rotatable bonds is 5. The summed E-state index contributed by atoms with van der Waals surface area (Å²) in [4.78, 5) is 21.0. The average Bonchev–Trinajstić information content (AvgIpc) is 3.09. The summed E-state index contributed by atoms with van der Waals surface area (Å²) >= 11 is 1.80. The van der Waals surface area contributed by atoms with Crippen LogP contribution in [0.2, 0.25) is 0 Å². The molecule has 0 radical (unpaired) electrons. The van der Waals surface area contributed by atoms with E-state index >= 15 is 0 Å². The molecule has 3 heterocycles. The maximum Gasteiger partial charge on any atom is 0.317 e. The Morgan fingerprint density at radius 2 is 1.92 bits per heavy atom. The number of thiophene rings is 1. The lowest BCUT2D eigenvalue weighted by Crippen LogP contribution is -2.53. The standard InChI is InChI=1S/C18H28N4OS/c23-18(22-11-9-20(10-12-22)15-5-6-15)19-14-16(17-4-3-13-24-17)21-7-1-2-8-21/h3-4,13,15-16H,1-2,5-12,14H2,(H,19,23)/t16-/m0/s1. The van der Waals surface area contributed by atoms with Gasteiger partial charge in [0.25, 0.3) is 0 Å². The first-order valence-electron chi connectivity index (χ1n) is 9.35. The number of carbonyl (C=O) groups excluding carboxylic acids is 1. The zero-order valence-corrected chi connectivity index (χ0v) is 15.1. The second-order valence-corrected chi connectivity index (χ2v) is 8.19. The molecule has 0 aromatic carbocycles.